The van der Waals surface area contributed by atoms with Crippen LogP contribution in [0.25, 0.3) is 0 Å². The van der Waals surface area contributed by atoms with Gasteiger partial charge in [0.1, 0.15) is 6.29 Å². The first kappa shape index (κ1) is 18.3. The van der Waals surface area contributed by atoms with Gasteiger partial charge in [0.2, 0.25) is 0 Å². The fourth-order valence-corrected chi connectivity index (χ4v) is 6.49. The van der Waals surface area contributed by atoms with Crippen molar-refractivity contribution in [3.8, 4) is 0 Å². The van der Waals surface area contributed by atoms with Gasteiger partial charge in [0, 0.05) is 5.57 Å². The molecule has 0 aromatic rings. The van der Waals surface area contributed by atoms with Gasteiger partial charge in [-0.3, -0.25) is 4.79 Å². The Labute approximate surface area is 150 Å². The Morgan fingerprint density at radius 1 is 1.16 bits per heavy atom. The summed E-state index contributed by atoms with van der Waals surface area (Å²) in [6.07, 6.45) is 8.43. The van der Waals surface area contributed by atoms with Crippen molar-refractivity contribution in [2.24, 2.45) is 28.1 Å². The molecule has 0 heterocycles. The van der Waals surface area contributed by atoms with Gasteiger partial charge in [-0.2, -0.15) is 0 Å². The minimum absolute atomic E-state index is 0.00160. The number of ketones is 1. The standard InChI is InChI=1S/C21H30O4/c1-19(2)9-5-10-20(3)15(19)8-11-21(13-22)16(20)7-6-14(12-17(21)23)18(24)25-4/h12-13,15-16H,5-11H2,1-4H3. The van der Waals surface area contributed by atoms with Crippen LogP contribution in [0.1, 0.15) is 65.7 Å². The number of aldehydes is 1. The molecule has 0 bridgehead atoms. The number of rotatable bonds is 2. The maximum absolute atomic E-state index is 13.1. The van der Waals surface area contributed by atoms with Crippen LogP contribution >= 0.6 is 0 Å². The molecule has 4 heteroatoms. The predicted octanol–water partition coefficient (Wildman–Crippen LogP) is 3.88. The van der Waals surface area contributed by atoms with E-state index in [4.69, 9.17) is 4.74 Å². The second kappa shape index (κ2) is 6.07. The molecule has 4 atom stereocenters. The summed E-state index contributed by atoms with van der Waals surface area (Å²) in [7, 11) is 1.34. The highest BCUT2D eigenvalue weighted by molar-refractivity contribution is 6.09. The van der Waals surface area contributed by atoms with Crippen LogP contribution < -0.4 is 0 Å². The van der Waals surface area contributed by atoms with Gasteiger partial charge in [-0.15, -0.1) is 0 Å². The van der Waals surface area contributed by atoms with Crippen molar-refractivity contribution in [1.82, 2.24) is 0 Å². The summed E-state index contributed by atoms with van der Waals surface area (Å²) >= 11 is 0. The highest BCUT2D eigenvalue weighted by Crippen LogP contribution is 2.65. The second-order valence-corrected chi connectivity index (χ2v) is 9.21. The largest absolute Gasteiger partial charge is 0.466 e. The Balaban J connectivity index is 2.06. The Hall–Kier alpha value is -1.45. The number of carbonyl (C=O) groups is 3. The average Bonchev–Trinajstić information content (AvgIpc) is 2.71. The number of hydrogen-bond donors (Lipinski definition) is 0. The third kappa shape index (κ3) is 2.60. The molecule has 0 amide bonds. The lowest BCUT2D eigenvalue weighted by Crippen LogP contribution is -2.58. The summed E-state index contributed by atoms with van der Waals surface area (Å²) in [4.78, 5) is 37.3. The molecule has 0 N–H and O–H groups in total. The van der Waals surface area contributed by atoms with Gasteiger partial charge in [0.25, 0.3) is 0 Å². The van der Waals surface area contributed by atoms with Gasteiger partial charge in [-0.25, -0.2) is 4.79 Å². The summed E-state index contributed by atoms with van der Waals surface area (Å²) in [5.74, 6) is -0.117. The van der Waals surface area contributed by atoms with Crippen molar-refractivity contribution >= 4 is 18.0 Å². The van der Waals surface area contributed by atoms with E-state index in [-0.39, 0.29) is 22.5 Å². The normalized spacial score (nSPS) is 40.2. The van der Waals surface area contributed by atoms with E-state index < -0.39 is 11.4 Å². The molecule has 0 aliphatic heterocycles. The monoisotopic (exact) mass is 346 g/mol. The van der Waals surface area contributed by atoms with Crippen molar-refractivity contribution in [2.75, 3.05) is 7.11 Å². The van der Waals surface area contributed by atoms with Gasteiger partial charge in [-0.05, 0) is 67.3 Å². The zero-order valence-electron chi connectivity index (χ0n) is 15.9. The van der Waals surface area contributed by atoms with E-state index in [1.807, 2.05) is 0 Å². The molecule has 3 aliphatic rings. The quantitative estimate of drug-likeness (QED) is 0.432. The van der Waals surface area contributed by atoms with Crippen LogP contribution in [0.3, 0.4) is 0 Å². The molecule has 3 rings (SSSR count). The molecule has 3 aliphatic carbocycles. The topological polar surface area (TPSA) is 60.4 Å². The minimum Gasteiger partial charge on any atom is -0.466 e. The van der Waals surface area contributed by atoms with Crippen LogP contribution in [0.15, 0.2) is 11.6 Å². The molecule has 0 aromatic heterocycles. The SMILES string of the molecule is COC(=O)C1=CC(=O)C2(C=O)CCC3C(C)(C)CCCC3(C)C2CC1. The van der Waals surface area contributed by atoms with Crippen LogP contribution in [0.5, 0.6) is 0 Å². The Bertz CT molecular complexity index is 632. The fraction of sp³-hybridized carbons (Fsp3) is 0.762. The summed E-state index contributed by atoms with van der Waals surface area (Å²) in [5, 5.41) is 0. The molecule has 2 saturated carbocycles. The van der Waals surface area contributed by atoms with Gasteiger partial charge in [0.15, 0.2) is 5.78 Å². The third-order valence-corrected chi connectivity index (χ3v) is 7.66. The van der Waals surface area contributed by atoms with E-state index in [9.17, 15) is 14.4 Å². The lowest BCUT2D eigenvalue weighted by atomic mass is 9.42. The minimum atomic E-state index is -0.964. The zero-order valence-corrected chi connectivity index (χ0v) is 15.9. The summed E-state index contributed by atoms with van der Waals surface area (Å²) in [6, 6.07) is 0. The predicted molar refractivity (Wildman–Crippen MR) is 94.8 cm³/mol. The van der Waals surface area contributed by atoms with Crippen LogP contribution in [0, 0.1) is 28.1 Å². The maximum atomic E-state index is 13.1. The number of allylic oxidation sites excluding steroid dienone is 1. The fourth-order valence-electron chi connectivity index (χ4n) is 6.49. The van der Waals surface area contributed by atoms with Crippen molar-refractivity contribution in [3.05, 3.63) is 11.6 Å². The van der Waals surface area contributed by atoms with E-state index in [1.54, 1.807) is 0 Å². The van der Waals surface area contributed by atoms with Crippen LogP contribution in [0.2, 0.25) is 0 Å². The van der Waals surface area contributed by atoms with E-state index in [0.717, 1.165) is 25.5 Å². The van der Waals surface area contributed by atoms with Crippen LogP contribution in [-0.2, 0) is 19.1 Å². The molecule has 0 saturated heterocycles. The smallest absolute Gasteiger partial charge is 0.333 e. The molecular formula is C21H30O4. The molecule has 0 aromatic carbocycles. The van der Waals surface area contributed by atoms with Gasteiger partial charge < -0.3 is 9.53 Å². The number of esters is 1. The number of ether oxygens (including phenoxy) is 1. The summed E-state index contributed by atoms with van der Waals surface area (Å²) in [5.41, 5.74) is -0.348. The molecule has 138 valence electrons. The average molecular weight is 346 g/mol. The molecule has 2 fully saturated rings. The van der Waals surface area contributed by atoms with Crippen LogP contribution in [-0.4, -0.2) is 25.1 Å². The third-order valence-electron chi connectivity index (χ3n) is 7.66. The zero-order chi connectivity index (χ0) is 18.5. The maximum Gasteiger partial charge on any atom is 0.333 e. The lowest BCUT2D eigenvalue weighted by Gasteiger charge is -2.61. The van der Waals surface area contributed by atoms with Crippen molar-refractivity contribution in [2.45, 2.75) is 65.7 Å². The van der Waals surface area contributed by atoms with E-state index in [2.05, 4.69) is 20.8 Å². The first-order chi connectivity index (χ1) is 11.7. The molecule has 4 nitrogen and oxygen atoms in total. The number of hydrogen-bond acceptors (Lipinski definition) is 4. The Morgan fingerprint density at radius 3 is 2.52 bits per heavy atom. The number of methoxy groups -OCH3 is 1. The van der Waals surface area contributed by atoms with Crippen LogP contribution in [0.4, 0.5) is 0 Å². The van der Waals surface area contributed by atoms with E-state index >= 15 is 0 Å². The Kier molecular flexibility index (Phi) is 4.45. The van der Waals surface area contributed by atoms with Crippen molar-refractivity contribution in [3.63, 3.8) is 0 Å². The van der Waals surface area contributed by atoms with Gasteiger partial charge in [0.05, 0.1) is 12.5 Å². The first-order valence-corrected chi connectivity index (χ1v) is 9.51. The van der Waals surface area contributed by atoms with Crippen molar-refractivity contribution in [1.29, 1.82) is 0 Å². The Morgan fingerprint density at radius 2 is 1.88 bits per heavy atom. The number of fused-ring (bicyclic) bond motifs is 3. The van der Waals surface area contributed by atoms with Gasteiger partial charge in [-0.1, -0.05) is 27.2 Å². The second-order valence-electron chi connectivity index (χ2n) is 9.21. The molecule has 25 heavy (non-hydrogen) atoms. The summed E-state index contributed by atoms with van der Waals surface area (Å²) in [6.45, 7) is 6.95. The molecule has 4 unspecified atom stereocenters. The highest BCUT2D eigenvalue weighted by Gasteiger charge is 2.62. The van der Waals surface area contributed by atoms with E-state index in [1.165, 1.54) is 19.6 Å². The summed E-state index contributed by atoms with van der Waals surface area (Å²) < 4.78 is 4.83. The van der Waals surface area contributed by atoms with Crippen molar-refractivity contribution < 1.29 is 19.1 Å². The lowest BCUT2D eigenvalue weighted by molar-refractivity contribution is -0.161. The molecule has 0 radical (unpaired) electrons. The first-order valence-electron chi connectivity index (χ1n) is 9.51. The van der Waals surface area contributed by atoms with Gasteiger partial charge >= 0.3 is 5.97 Å². The number of carbonyl (C=O) groups excluding carboxylic acids is 3. The highest BCUT2D eigenvalue weighted by atomic mass is 16.5. The molecule has 0 spiro atoms. The van der Waals surface area contributed by atoms with E-state index in [0.29, 0.717) is 30.8 Å². The molecular weight excluding hydrogens is 316 g/mol.